The number of carbonyl (C=O) groups is 2. The summed E-state index contributed by atoms with van der Waals surface area (Å²) in [5.41, 5.74) is 2.49. The Morgan fingerprint density at radius 1 is 0.824 bits per heavy atom. The first-order chi connectivity index (χ1) is 16.4. The fraction of sp³-hybridized carbons (Fsp3) is 0.440. The molecule has 1 unspecified atom stereocenters. The van der Waals surface area contributed by atoms with Crippen molar-refractivity contribution < 1.29 is 18.0 Å². The molecule has 0 saturated carbocycles. The maximum absolute atomic E-state index is 12.8. The lowest BCUT2D eigenvalue weighted by Crippen LogP contribution is -2.28. The Balaban J connectivity index is 1.20. The maximum atomic E-state index is 12.8. The van der Waals surface area contributed by atoms with Gasteiger partial charge in [-0.3, -0.25) is 9.59 Å². The number of nitrogens with zero attached hydrogens (tertiary/aromatic N) is 3. The first-order valence-electron chi connectivity index (χ1n) is 12.0. The fourth-order valence-corrected chi connectivity index (χ4v) is 6.50. The number of rotatable bonds is 6. The van der Waals surface area contributed by atoms with Crippen LogP contribution in [0.15, 0.2) is 53.4 Å². The first kappa shape index (κ1) is 22.9. The minimum Gasteiger partial charge on any atom is -0.372 e. The zero-order valence-corrected chi connectivity index (χ0v) is 20.0. The largest absolute Gasteiger partial charge is 0.372 e. The second-order valence-electron chi connectivity index (χ2n) is 9.24. The molecule has 0 aliphatic carbocycles. The van der Waals surface area contributed by atoms with Gasteiger partial charge in [0.15, 0.2) is 0 Å². The summed E-state index contributed by atoms with van der Waals surface area (Å²) in [7, 11) is -3.49. The molecule has 3 aliphatic rings. The molecular formula is C25H30N4O4S. The average Bonchev–Trinajstić information content (AvgIpc) is 3.61. The van der Waals surface area contributed by atoms with E-state index in [0.29, 0.717) is 25.3 Å². The van der Waals surface area contributed by atoms with Gasteiger partial charge >= 0.3 is 0 Å². The van der Waals surface area contributed by atoms with E-state index in [0.717, 1.165) is 37.3 Å². The van der Waals surface area contributed by atoms with Crippen LogP contribution in [0.2, 0.25) is 0 Å². The molecule has 2 aromatic carbocycles. The lowest BCUT2D eigenvalue weighted by Gasteiger charge is -2.20. The van der Waals surface area contributed by atoms with Gasteiger partial charge in [0.2, 0.25) is 21.8 Å². The van der Waals surface area contributed by atoms with Crippen LogP contribution >= 0.6 is 0 Å². The van der Waals surface area contributed by atoms with Crippen LogP contribution in [0.3, 0.4) is 0 Å². The minimum atomic E-state index is -3.49. The van der Waals surface area contributed by atoms with E-state index in [1.807, 2.05) is 24.3 Å². The van der Waals surface area contributed by atoms with Gasteiger partial charge in [0.25, 0.3) is 0 Å². The van der Waals surface area contributed by atoms with Crippen molar-refractivity contribution in [3.8, 4) is 0 Å². The zero-order valence-electron chi connectivity index (χ0n) is 19.2. The predicted octanol–water partition coefficient (Wildman–Crippen LogP) is 3.06. The van der Waals surface area contributed by atoms with Crippen LogP contribution in [0.1, 0.15) is 32.1 Å². The standard InChI is InChI=1S/C25H30N4O4S/c30-24-17-19(18-29(24)22-9-7-21(8-10-22)27-13-1-2-14-27)25(31)26-20-5-11-23(12-6-20)34(32,33)28-15-3-4-16-28/h5-12,19H,1-4,13-18H2,(H,26,31). The summed E-state index contributed by atoms with van der Waals surface area (Å²) in [4.78, 5) is 29.7. The van der Waals surface area contributed by atoms with Crippen LogP contribution in [0.4, 0.5) is 17.1 Å². The summed E-state index contributed by atoms with van der Waals surface area (Å²) in [6.07, 6.45) is 4.33. The number of hydrogen-bond acceptors (Lipinski definition) is 5. The molecule has 8 nitrogen and oxygen atoms in total. The third kappa shape index (κ3) is 4.54. The molecule has 0 spiro atoms. The second kappa shape index (κ2) is 9.38. The van der Waals surface area contributed by atoms with Crippen LogP contribution in [0, 0.1) is 5.92 Å². The highest BCUT2D eigenvalue weighted by atomic mass is 32.2. The summed E-state index contributed by atoms with van der Waals surface area (Å²) in [5, 5.41) is 2.84. The van der Waals surface area contributed by atoms with E-state index in [9.17, 15) is 18.0 Å². The van der Waals surface area contributed by atoms with E-state index < -0.39 is 15.9 Å². The highest BCUT2D eigenvalue weighted by molar-refractivity contribution is 7.89. The third-order valence-electron chi connectivity index (χ3n) is 6.95. The molecule has 2 amide bonds. The molecule has 3 aliphatic heterocycles. The summed E-state index contributed by atoms with van der Waals surface area (Å²) < 4.78 is 26.8. The highest BCUT2D eigenvalue weighted by Gasteiger charge is 2.35. The van der Waals surface area contributed by atoms with E-state index in [1.54, 1.807) is 17.0 Å². The van der Waals surface area contributed by atoms with E-state index in [-0.39, 0.29) is 23.1 Å². The van der Waals surface area contributed by atoms with Gasteiger partial charge < -0.3 is 15.1 Å². The third-order valence-corrected chi connectivity index (χ3v) is 8.87. The molecule has 2 aromatic rings. The number of sulfonamides is 1. The van der Waals surface area contributed by atoms with Gasteiger partial charge in [0, 0.05) is 56.2 Å². The van der Waals surface area contributed by atoms with E-state index in [2.05, 4.69) is 10.2 Å². The summed E-state index contributed by atoms with van der Waals surface area (Å²) in [6.45, 7) is 3.56. The average molecular weight is 483 g/mol. The van der Waals surface area contributed by atoms with Crippen molar-refractivity contribution >= 4 is 38.9 Å². The normalized spacial score (nSPS) is 21.4. The Morgan fingerprint density at radius 2 is 1.41 bits per heavy atom. The number of nitrogens with one attached hydrogen (secondary N) is 1. The molecule has 0 bridgehead atoms. The molecule has 34 heavy (non-hydrogen) atoms. The number of anilines is 3. The molecular weight excluding hydrogens is 452 g/mol. The summed E-state index contributed by atoms with van der Waals surface area (Å²) in [5.74, 6) is -0.764. The monoisotopic (exact) mass is 482 g/mol. The number of benzene rings is 2. The van der Waals surface area contributed by atoms with Crippen molar-refractivity contribution in [2.75, 3.05) is 47.8 Å². The van der Waals surface area contributed by atoms with Gasteiger partial charge in [-0.1, -0.05) is 0 Å². The van der Waals surface area contributed by atoms with E-state index in [4.69, 9.17) is 0 Å². The second-order valence-corrected chi connectivity index (χ2v) is 11.2. The van der Waals surface area contributed by atoms with Gasteiger partial charge in [0.05, 0.1) is 10.8 Å². The van der Waals surface area contributed by atoms with Crippen molar-refractivity contribution in [2.24, 2.45) is 5.92 Å². The van der Waals surface area contributed by atoms with Crippen LogP contribution in [-0.4, -0.2) is 57.3 Å². The van der Waals surface area contributed by atoms with Crippen molar-refractivity contribution in [3.05, 3.63) is 48.5 Å². The molecule has 0 radical (unpaired) electrons. The first-order valence-corrected chi connectivity index (χ1v) is 13.4. The lowest BCUT2D eigenvalue weighted by molar-refractivity contribution is -0.122. The molecule has 3 saturated heterocycles. The van der Waals surface area contributed by atoms with Gasteiger partial charge in [-0.25, -0.2) is 8.42 Å². The Kier molecular flexibility index (Phi) is 6.31. The molecule has 180 valence electrons. The van der Waals surface area contributed by atoms with Crippen molar-refractivity contribution in [1.29, 1.82) is 0 Å². The Bertz CT molecular complexity index is 1150. The van der Waals surface area contributed by atoms with Crippen molar-refractivity contribution in [3.63, 3.8) is 0 Å². The summed E-state index contributed by atoms with van der Waals surface area (Å²) >= 11 is 0. The SMILES string of the molecule is O=C(Nc1ccc(S(=O)(=O)N2CCCC2)cc1)C1CC(=O)N(c2ccc(N3CCCC3)cc2)C1. The smallest absolute Gasteiger partial charge is 0.243 e. The zero-order chi connectivity index (χ0) is 23.7. The van der Waals surface area contributed by atoms with Gasteiger partial charge in [-0.15, -0.1) is 0 Å². The lowest BCUT2D eigenvalue weighted by atomic mass is 10.1. The quantitative estimate of drug-likeness (QED) is 0.684. The van der Waals surface area contributed by atoms with Crippen molar-refractivity contribution in [2.45, 2.75) is 37.0 Å². The topological polar surface area (TPSA) is 90.0 Å². The molecule has 3 fully saturated rings. The molecule has 1 N–H and O–H groups in total. The van der Waals surface area contributed by atoms with E-state index >= 15 is 0 Å². The fourth-order valence-electron chi connectivity index (χ4n) is 4.98. The number of amides is 2. The number of carbonyl (C=O) groups excluding carboxylic acids is 2. The molecule has 0 aromatic heterocycles. The minimum absolute atomic E-state index is 0.0684. The van der Waals surface area contributed by atoms with Crippen LogP contribution in [0.25, 0.3) is 0 Å². The summed E-state index contributed by atoms with van der Waals surface area (Å²) in [6, 6.07) is 14.2. The highest BCUT2D eigenvalue weighted by Crippen LogP contribution is 2.29. The number of hydrogen-bond donors (Lipinski definition) is 1. The van der Waals surface area contributed by atoms with Gasteiger partial charge in [-0.2, -0.15) is 4.31 Å². The van der Waals surface area contributed by atoms with Gasteiger partial charge in [0.1, 0.15) is 0 Å². The maximum Gasteiger partial charge on any atom is 0.243 e. The Morgan fingerprint density at radius 3 is 2.06 bits per heavy atom. The molecule has 1 atom stereocenters. The predicted molar refractivity (Wildman–Crippen MR) is 131 cm³/mol. The van der Waals surface area contributed by atoms with Crippen LogP contribution < -0.4 is 15.1 Å². The van der Waals surface area contributed by atoms with Crippen molar-refractivity contribution in [1.82, 2.24) is 4.31 Å². The van der Waals surface area contributed by atoms with Crippen LogP contribution in [-0.2, 0) is 19.6 Å². The molecule has 9 heteroatoms. The Hall–Kier alpha value is -2.91. The van der Waals surface area contributed by atoms with Gasteiger partial charge in [-0.05, 0) is 74.2 Å². The molecule has 5 rings (SSSR count). The van der Waals surface area contributed by atoms with E-state index in [1.165, 1.54) is 29.3 Å². The molecule has 3 heterocycles. The Labute approximate surface area is 200 Å². The van der Waals surface area contributed by atoms with Crippen LogP contribution in [0.5, 0.6) is 0 Å².